The summed E-state index contributed by atoms with van der Waals surface area (Å²) >= 11 is 0. The Morgan fingerprint density at radius 1 is 0.923 bits per heavy atom. The van der Waals surface area contributed by atoms with Crippen molar-refractivity contribution in [2.24, 2.45) is 5.73 Å². The van der Waals surface area contributed by atoms with Crippen molar-refractivity contribution in [1.29, 1.82) is 0 Å². The molecule has 0 aliphatic carbocycles. The minimum absolute atomic E-state index is 0.217. The molecule has 0 radical (unpaired) electrons. The van der Waals surface area contributed by atoms with Gasteiger partial charge in [0, 0.05) is 17.8 Å². The second-order valence-corrected chi connectivity index (χ2v) is 5.56. The first-order valence-electron chi connectivity index (χ1n) is 8.55. The van der Waals surface area contributed by atoms with Crippen molar-refractivity contribution in [1.82, 2.24) is 4.98 Å². The lowest BCUT2D eigenvalue weighted by Gasteiger charge is -2.03. The molecule has 0 spiro atoms. The predicted molar refractivity (Wildman–Crippen MR) is 100 cm³/mol. The molecule has 3 rings (SSSR count). The number of aromatic nitrogens is 1. The van der Waals surface area contributed by atoms with Crippen LogP contribution in [0.1, 0.15) is 25.8 Å². The zero-order chi connectivity index (χ0) is 19.1. The number of nitrogens with two attached hydrogens (primary N) is 1. The summed E-state index contributed by atoms with van der Waals surface area (Å²) in [4.78, 5) is 14.4. The van der Waals surface area contributed by atoms with Crippen molar-refractivity contribution >= 4 is 5.91 Å². The molecule has 0 aliphatic rings. The van der Waals surface area contributed by atoms with Crippen LogP contribution in [-0.2, 0) is 11.2 Å². The van der Waals surface area contributed by atoms with Gasteiger partial charge in [-0.15, -0.1) is 0 Å². The molecule has 136 valence electrons. The first kappa shape index (κ1) is 19.4. The number of rotatable bonds is 5. The summed E-state index contributed by atoms with van der Waals surface area (Å²) in [5, 5.41) is 0. The predicted octanol–water partition coefficient (Wildman–Crippen LogP) is 5.07. The molecular weight excluding hydrogens is 334 g/mol. The summed E-state index contributed by atoms with van der Waals surface area (Å²) in [5.74, 6) is -1.01. The van der Waals surface area contributed by atoms with Gasteiger partial charge in [-0.3, -0.25) is 4.79 Å². The third-order valence-electron chi connectivity index (χ3n) is 3.83. The van der Waals surface area contributed by atoms with Gasteiger partial charge in [0.1, 0.15) is 11.6 Å². The normalized spacial score (nSPS) is 10.2. The second kappa shape index (κ2) is 8.94. The summed E-state index contributed by atoms with van der Waals surface area (Å²) in [6.07, 6.45) is 0.689. The van der Waals surface area contributed by atoms with Crippen LogP contribution in [0.15, 0.2) is 54.6 Å². The number of hydrogen-bond donors (Lipinski definition) is 2. The van der Waals surface area contributed by atoms with Crippen LogP contribution in [0, 0.1) is 11.6 Å². The molecule has 0 aliphatic heterocycles. The summed E-state index contributed by atoms with van der Waals surface area (Å²) in [7, 11) is 0. The van der Waals surface area contributed by atoms with Crippen LogP contribution in [0.3, 0.4) is 0 Å². The summed E-state index contributed by atoms with van der Waals surface area (Å²) < 4.78 is 26.3. The molecule has 3 N–H and O–H groups in total. The van der Waals surface area contributed by atoms with E-state index in [0.717, 1.165) is 28.1 Å². The maximum Gasteiger partial charge on any atom is 0.217 e. The number of benzene rings is 2. The van der Waals surface area contributed by atoms with Crippen molar-refractivity contribution in [3.8, 4) is 22.5 Å². The summed E-state index contributed by atoms with van der Waals surface area (Å²) in [5.41, 5.74) is 9.38. The van der Waals surface area contributed by atoms with Gasteiger partial charge in [0.2, 0.25) is 5.91 Å². The van der Waals surface area contributed by atoms with Crippen LogP contribution in [-0.4, -0.2) is 10.9 Å². The standard InChI is InChI=1S/C19H16F2N2O.C2H6/c20-15-6-1-12(2-7-15)17-11-14(5-10-18(22)24)19(23-17)13-3-8-16(21)9-4-13;1-2/h1-4,6-9,11,23H,5,10H2,(H2,22,24);1-2H3. The quantitative estimate of drug-likeness (QED) is 0.659. The van der Waals surface area contributed by atoms with Crippen molar-refractivity contribution in [2.45, 2.75) is 26.7 Å². The van der Waals surface area contributed by atoms with E-state index in [2.05, 4.69) is 4.98 Å². The Morgan fingerprint density at radius 3 is 1.92 bits per heavy atom. The van der Waals surface area contributed by atoms with Crippen LogP contribution in [0.4, 0.5) is 8.78 Å². The highest BCUT2D eigenvalue weighted by molar-refractivity contribution is 5.76. The molecule has 0 atom stereocenters. The zero-order valence-corrected chi connectivity index (χ0v) is 14.9. The van der Waals surface area contributed by atoms with Gasteiger partial charge in [-0.05, 0) is 77.7 Å². The lowest BCUT2D eigenvalue weighted by atomic mass is 10.0. The van der Waals surface area contributed by atoms with Crippen molar-refractivity contribution in [3.05, 3.63) is 71.8 Å². The number of carbonyl (C=O) groups excluding carboxylic acids is 1. The second-order valence-electron chi connectivity index (χ2n) is 5.56. The Hall–Kier alpha value is -2.95. The molecule has 0 bridgehead atoms. The molecule has 0 fully saturated rings. The summed E-state index contributed by atoms with van der Waals surface area (Å²) in [6.45, 7) is 4.00. The monoisotopic (exact) mass is 356 g/mol. The topological polar surface area (TPSA) is 58.9 Å². The average molecular weight is 356 g/mol. The van der Waals surface area contributed by atoms with E-state index in [9.17, 15) is 13.6 Å². The van der Waals surface area contributed by atoms with E-state index < -0.39 is 0 Å². The Morgan fingerprint density at radius 2 is 1.42 bits per heavy atom. The molecule has 1 heterocycles. The Kier molecular flexibility index (Phi) is 6.67. The number of halogens is 2. The van der Waals surface area contributed by atoms with Gasteiger partial charge < -0.3 is 10.7 Å². The highest BCUT2D eigenvalue weighted by Crippen LogP contribution is 2.30. The number of nitrogens with one attached hydrogen (secondary N) is 1. The van der Waals surface area contributed by atoms with E-state index in [1.807, 2.05) is 19.9 Å². The van der Waals surface area contributed by atoms with Gasteiger partial charge in [0.15, 0.2) is 0 Å². The maximum atomic E-state index is 13.2. The number of aromatic amines is 1. The van der Waals surface area contributed by atoms with Crippen LogP contribution < -0.4 is 5.73 Å². The third kappa shape index (κ3) is 4.79. The number of aryl methyl sites for hydroxylation is 1. The average Bonchev–Trinajstić information content (AvgIpc) is 3.07. The van der Waals surface area contributed by atoms with Crippen LogP contribution >= 0.6 is 0 Å². The van der Waals surface area contributed by atoms with Gasteiger partial charge in [-0.25, -0.2) is 8.78 Å². The summed E-state index contributed by atoms with van der Waals surface area (Å²) in [6, 6.07) is 14.1. The number of hydrogen-bond acceptors (Lipinski definition) is 1. The molecule has 2 aromatic carbocycles. The lowest BCUT2D eigenvalue weighted by Crippen LogP contribution is -2.11. The fourth-order valence-corrected chi connectivity index (χ4v) is 2.61. The fourth-order valence-electron chi connectivity index (χ4n) is 2.61. The number of amides is 1. The molecule has 1 amide bonds. The number of primary amides is 1. The molecule has 0 saturated heterocycles. The largest absolute Gasteiger partial charge is 0.370 e. The Labute approximate surface area is 151 Å². The van der Waals surface area contributed by atoms with Crippen molar-refractivity contribution in [3.63, 3.8) is 0 Å². The van der Waals surface area contributed by atoms with Crippen LogP contribution in [0.25, 0.3) is 22.5 Å². The fraction of sp³-hybridized carbons (Fsp3) is 0.190. The van der Waals surface area contributed by atoms with Crippen LogP contribution in [0.2, 0.25) is 0 Å². The Bertz CT molecular complexity index is 853. The van der Waals surface area contributed by atoms with Gasteiger partial charge in [-0.2, -0.15) is 0 Å². The molecule has 3 aromatic rings. The van der Waals surface area contributed by atoms with E-state index >= 15 is 0 Å². The van der Waals surface area contributed by atoms with Gasteiger partial charge in [0.05, 0.1) is 0 Å². The first-order valence-corrected chi connectivity index (χ1v) is 8.55. The molecule has 0 unspecified atom stereocenters. The third-order valence-corrected chi connectivity index (χ3v) is 3.83. The van der Waals surface area contributed by atoms with Gasteiger partial charge in [0.25, 0.3) is 0 Å². The van der Waals surface area contributed by atoms with Crippen molar-refractivity contribution < 1.29 is 13.6 Å². The highest BCUT2D eigenvalue weighted by Gasteiger charge is 2.12. The van der Waals surface area contributed by atoms with Gasteiger partial charge in [-0.1, -0.05) is 13.8 Å². The molecule has 0 saturated carbocycles. The SMILES string of the molecule is CC.NC(=O)CCc1cc(-c2ccc(F)cc2)[nH]c1-c1ccc(F)cc1. The molecule has 3 nitrogen and oxygen atoms in total. The van der Waals surface area contributed by atoms with Gasteiger partial charge >= 0.3 is 0 Å². The van der Waals surface area contributed by atoms with E-state index in [0.29, 0.717) is 6.42 Å². The minimum atomic E-state index is -0.385. The van der Waals surface area contributed by atoms with E-state index in [4.69, 9.17) is 5.73 Å². The maximum absolute atomic E-state index is 13.2. The molecule has 26 heavy (non-hydrogen) atoms. The van der Waals surface area contributed by atoms with Crippen LogP contribution in [0.5, 0.6) is 0 Å². The van der Waals surface area contributed by atoms with Crippen molar-refractivity contribution in [2.75, 3.05) is 0 Å². The highest BCUT2D eigenvalue weighted by atomic mass is 19.1. The van der Waals surface area contributed by atoms with E-state index in [-0.39, 0.29) is 24.0 Å². The molecule has 5 heteroatoms. The Balaban J connectivity index is 0.00000117. The lowest BCUT2D eigenvalue weighted by molar-refractivity contribution is -0.117. The number of H-pyrrole nitrogens is 1. The smallest absolute Gasteiger partial charge is 0.217 e. The first-order chi connectivity index (χ1) is 12.5. The molecular formula is C21H22F2N2O. The molecule has 1 aromatic heterocycles. The zero-order valence-electron chi connectivity index (χ0n) is 14.9. The van der Waals surface area contributed by atoms with E-state index in [1.165, 1.54) is 24.3 Å². The van der Waals surface area contributed by atoms with E-state index in [1.54, 1.807) is 24.3 Å². The number of carbonyl (C=O) groups is 1. The minimum Gasteiger partial charge on any atom is -0.370 e.